The number of para-hydroxylation sites is 1. The van der Waals surface area contributed by atoms with E-state index in [9.17, 15) is 5.11 Å². The number of fused-ring (bicyclic) bond motifs is 1. The molecule has 1 N–H and O–H groups in total. The number of rotatable bonds is 4. The van der Waals surface area contributed by atoms with E-state index in [1.807, 2.05) is 24.3 Å². The van der Waals surface area contributed by atoms with Crippen molar-refractivity contribution in [3.63, 3.8) is 0 Å². The fraction of sp³-hybridized carbons (Fsp3) is 0.294. The first-order valence-corrected chi connectivity index (χ1v) is 7.74. The van der Waals surface area contributed by atoms with Gasteiger partial charge in [0, 0.05) is 12.0 Å². The molecule has 0 aromatic heterocycles. The highest BCUT2D eigenvalue weighted by molar-refractivity contribution is 9.10. The second-order valence-corrected chi connectivity index (χ2v) is 6.11. The molecular formula is C17H17BrO3. The Morgan fingerprint density at radius 1 is 1.33 bits per heavy atom. The van der Waals surface area contributed by atoms with Crippen LogP contribution < -0.4 is 9.47 Å². The van der Waals surface area contributed by atoms with Gasteiger partial charge in [-0.25, -0.2) is 0 Å². The lowest BCUT2D eigenvalue weighted by molar-refractivity contribution is 0.145. The van der Waals surface area contributed by atoms with Gasteiger partial charge in [0.1, 0.15) is 24.2 Å². The topological polar surface area (TPSA) is 38.7 Å². The quantitative estimate of drug-likeness (QED) is 0.916. The fourth-order valence-electron chi connectivity index (χ4n) is 2.56. The maximum atomic E-state index is 9.38. The summed E-state index contributed by atoms with van der Waals surface area (Å²) in [6.45, 7) is 2.50. The Bertz CT molecular complexity index is 654. The van der Waals surface area contributed by atoms with Crippen LogP contribution in [0.15, 0.2) is 40.9 Å². The van der Waals surface area contributed by atoms with Gasteiger partial charge in [-0.3, -0.25) is 0 Å². The highest BCUT2D eigenvalue weighted by Crippen LogP contribution is 2.32. The van der Waals surface area contributed by atoms with E-state index in [1.54, 1.807) is 0 Å². The molecule has 0 bridgehead atoms. The molecule has 1 aliphatic heterocycles. The van der Waals surface area contributed by atoms with Crippen LogP contribution >= 0.6 is 15.9 Å². The van der Waals surface area contributed by atoms with Crippen molar-refractivity contribution in [3.8, 4) is 11.5 Å². The third-order valence-corrected chi connectivity index (χ3v) is 4.21. The molecule has 0 radical (unpaired) electrons. The number of hydrogen-bond donors (Lipinski definition) is 1. The molecule has 0 saturated carbocycles. The summed E-state index contributed by atoms with van der Waals surface area (Å²) in [4.78, 5) is 0. The van der Waals surface area contributed by atoms with Crippen LogP contribution in [0.25, 0.3) is 0 Å². The Hall–Kier alpha value is -1.52. The van der Waals surface area contributed by atoms with Crippen LogP contribution in [0.2, 0.25) is 0 Å². The van der Waals surface area contributed by atoms with Gasteiger partial charge in [0.05, 0.1) is 11.1 Å². The molecule has 3 rings (SSSR count). The second kappa shape index (κ2) is 6.08. The van der Waals surface area contributed by atoms with Gasteiger partial charge in [0.25, 0.3) is 0 Å². The van der Waals surface area contributed by atoms with Crippen molar-refractivity contribution >= 4 is 15.9 Å². The van der Waals surface area contributed by atoms with Gasteiger partial charge in [-0.05, 0) is 40.5 Å². The van der Waals surface area contributed by atoms with Crippen molar-refractivity contribution in [2.45, 2.75) is 26.1 Å². The smallest absolute Gasteiger partial charge is 0.139 e. The molecule has 2 aromatic rings. The van der Waals surface area contributed by atoms with Crippen LogP contribution in [-0.2, 0) is 13.0 Å². The zero-order valence-corrected chi connectivity index (χ0v) is 13.4. The summed E-state index contributed by atoms with van der Waals surface area (Å²) in [6, 6.07) is 11.9. The van der Waals surface area contributed by atoms with Crippen LogP contribution in [0.3, 0.4) is 0 Å². The Morgan fingerprint density at radius 3 is 3.00 bits per heavy atom. The van der Waals surface area contributed by atoms with E-state index in [2.05, 4.69) is 35.0 Å². The first-order valence-electron chi connectivity index (χ1n) is 6.94. The Labute approximate surface area is 132 Å². The van der Waals surface area contributed by atoms with E-state index in [0.717, 1.165) is 22.2 Å². The Morgan fingerprint density at radius 2 is 2.19 bits per heavy atom. The van der Waals surface area contributed by atoms with Crippen molar-refractivity contribution in [2.75, 3.05) is 6.61 Å². The lowest BCUT2D eigenvalue weighted by Crippen LogP contribution is -2.22. The number of halogens is 1. The van der Waals surface area contributed by atoms with Crippen LogP contribution in [-0.4, -0.2) is 17.8 Å². The molecule has 3 nitrogen and oxygen atoms in total. The molecule has 0 aliphatic carbocycles. The van der Waals surface area contributed by atoms with E-state index < -0.39 is 0 Å². The summed E-state index contributed by atoms with van der Waals surface area (Å²) in [5.74, 6) is 1.64. The van der Waals surface area contributed by atoms with Gasteiger partial charge >= 0.3 is 0 Å². The van der Waals surface area contributed by atoms with E-state index >= 15 is 0 Å². The predicted molar refractivity (Wildman–Crippen MR) is 84.9 cm³/mol. The van der Waals surface area contributed by atoms with Gasteiger partial charge < -0.3 is 14.6 Å². The lowest BCUT2D eigenvalue weighted by Gasteiger charge is -2.15. The largest absolute Gasteiger partial charge is 0.488 e. The number of aryl methyl sites for hydroxylation is 1. The second-order valence-electron chi connectivity index (χ2n) is 5.25. The predicted octanol–water partition coefficient (Wildman–Crippen LogP) is 3.63. The van der Waals surface area contributed by atoms with Crippen molar-refractivity contribution in [2.24, 2.45) is 0 Å². The SMILES string of the molecule is Cc1ccc2c(c1)CC(COc1c(Br)cccc1CO)O2. The van der Waals surface area contributed by atoms with Gasteiger partial charge in [-0.2, -0.15) is 0 Å². The monoisotopic (exact) mass is 348 g/mol. The molecule has 1 aliphatic rings. The summed E-state index contributed by atoms with van der Waals surface area (Å²) in [6.07, 6.45) is 0.871. The van der Waals surface area contributed by atoms with Crippen molar-refractivity contribution < 1.29 is 14.6 Å². The van der Waals surface area contributed by atoms with Crippen LogP contribution in [0.1, 0.15) is 16.7 Å². The molecule has 1 atom stereocenters. The standard InChI is InChI=1S/C17H17BrO3/c1-11-5-6-16-13(7-11)8-14(21-16)10-20-17-12(9-19)3-2-4-15(17)18/h2-7,14,19H,8-10H2,1H3. The molecule has 4 heteroatoms. The van der Waals surface area contributed by atoms with Crippen LogP contribution in [0, 0.1) is 6.92 Å². The normalized spacial score (nSPS) is 16.4. The van der Waals surface area contributed by atoms with E-state index in [-0.39, 0.29) is 12.7 Å². The maximum absolute atomic E-state index is 9.38. The highest BCUT2D eigenvalue weighted by Gasteiger charge is 2.24. The third-order valence-electron chi connectivity index (χ3n) is 3.59. The molecule has 0 fully saturated rings. The average molecular weight is 349 g/mol. The van der Waals surface area contributed by atoms with E-state index in [0.29, 0.717) is 12.4 Å². The Balaban J connectivity index is 1.68. The van der Waals surface area contributed by atoms with Crippen molar-refractivity contribution in [1.82, 2.24) is 0 Å². The lowest BCUT2D eigenvalue weighted by atomic mass is 10.1. The summed E-state index contributed by atoms with van der Waals surface area (Å²) in [5, 5.41) is 9.38. The van der Waals surface area contributed by atoms with E-state index in [4.69, 9.17) is 9.47 Å². The summed E-state index contributed by atoms with van der Waals surface area (Å²) >= 11 is 3.46. The van der Waals surface area contributed by atoms with Crippen LogP contribution in [0.4, 0.5) is 0 Å². The maximum Gasteiger partial charge on any atom is 0.139 e. The molecule has 0 saturated heterocycles. The van der Waals surface area contributed by atoms with Gasteiger partial charge in [-0.1, -0.05) is 29.8 Å². The molecule has 1 unspecified atom stereocenters. The zero-order chi connectivity index (χ0) is 14.8. The van der Waals surface area contributed by atoms with Crippen LogP contribution in [0.5, 0.6) is 11.5 Å². The summed E-state index contributed by atoms with van der Waals surface area (Å²) in [7, 11) is 0. The minimum atomic E-state index is -0.0419. The van der Waals surface area contributed by atoms with Gasteiger partial charge in [0.15, 0.2) is 0 Å². The van der Waals surface area contributed by atoms with Crippen molar-refractivity contribution in [3.05, 3.63) is 57.6 Å². The third kappa shape index (κ3) is 3.06. The van der Waals surface area contributed by atoms with Crippen molar-refractivity contribution in [1.29, 1.82) is 0 Å². The Kier molecular flexibility index (Phi) is 4.17. The first-order chi connectivity index (χ1) is 10.2. The molecule has 0 spiro atoms. The number of aliphatic hydroxyl groups is 1. The van der Waals surface area contributed by atoms with Gasteiger partial charge in [-0.15, -0.1) is 0 Å². The first kappa shape index (κ1) is 14.4. The molecule has 2 aromatic carbocycles. The molecule has 0 amide bonds. The fourth-order valence-corrected chi connectivity index (χ4v) is 3.08. The minimum absolute atomic E-state index is 0.0143. The minimum Gasteiger partial charge on any atom is -0.488 e. The average Bonchev–Trinajstić information content (AvgIpc) is 2.87. The number of aliphatic hydroxyl groups excluding tert-OH is 1. The number of hydrogen-bond acceptors (Lipinski definition) is 3. The number of benzene rings is 2. The molecule has 1 heterocycles. The summed E-state index contributed by atoms with van der Waals surface area (Å²) in [5.41, 5.74) is 3.25. The van der Waals surface area contributed by atoms with Gasteiger partial charge in [0.2, 0.25) is 0 Å². The number of ether oxygens (including phenoxy) is 2. The molecule has 21 heavy (non-hydrogen) atoms. The molecular weight excluding hydrogens is 332 g/mol. The molecule has 110 valence electrons. The summed E-state index contributed by atoms with van der Waals surface area (Å²) < 4.78 is 12.6. The van der Waals surface area contributed by atoms with E-state index in [1.165, 1.54) is 11.1 Å². The highest BCUT2D eigenvalue weighted by atomic mass is 79.9. The zero-order valence-electron chi connectivity index (χ0n) is 11.8.